The predicted molar refractivity (Wildman–Crippen MR) is 72.2 cm³/mol. The molecule has 0 radical (unpaired) electrons. The van der Waals surface area contributed by atoms with E-state index in [4.69, 9.17) is 0 Å². The Morgan fingerprint density at radius 2 is 2.17 bits per heavy atom. The van der Waals surface area contributed by atoms with Crippen LogP contribution < -0.4 is 5.32 Å². The third-order valence-electron chi connectivity index (χ3n) is 4.15. The van der Waals surface area contributed by atoms with Crippen molar-refractivity contribution >= 4 is 0 Å². The largest absolute Gasteiger partial charge is 0.317 e. The molecule has 1 aromatic heterocycles. The van der Waals surface area contributed by atoms with Gasteiger partial charge in [0, 0.05) is 12.6 Å². The van der Waals surface area contributed by atoms with Gasteiger partial charge in [-0.2, -0.15) is 5.10 Å². The minimum absolute atomic E-state index is 0.631. The lowest BCUT2D eigenvalue weighted by atomic mass is 9.90. The molecule has 0 aromatic carbocycles. The molecule has 1 atom stereocenters. The van der Waals surface area contributed by atoms with Crippen LogP contribution in [0.25, 0.3) is 0 Å². The Morgan fingerprint density at radius 1 is 1.44 bits per heavy atom. The van der Waals surface area contributed by atoms with Crippen LogP contribution in [0, 0.1) is 5.92 Å². The maximum absolute atomic E-state index is 4.35. The SMILES string of the molecule is CCn1ncnc1CN1CCC(C(C)NC)CC1. The van der Waals surface area contributed by atoms with Crippen molar-refractivity contribution in [1.82, 2.24) is 25.0 Å². The summed E-state index contributed by atoms with van der Waals surface area (Å²) in [5, 5.41) is 7.59. The molecule has 1 saturated heterocycles. The van der Waals surface area contributed by atoms with E-state index in [0.29, 0.717) is 6.04 Å². The molecule has 1 unspecified atom stereocenters. The van der Waals surface area contributed by atoms with Crippen LogP contribution in [0.5, 0.6) is 0 Å². The number of piperidine rings is 1. The van der Waals surface area contributed by atoms with Gasteiger partial charge in [0.15, 0.2) is 0 Å². The van der Waals surface area contributed by atoms with Crippen LogP contribution in [0.1, 0.15) is 32.5 Å². The standard InChI is InChI=1S/C13H25N5/c1-4-18-13(15-10-16-18)9-17-7-5-12(6-8-17)11(2)14-3/h10-12,14H,4-9H2,1-3H3. The molecule has 2 rings (SSSR count). The molecule has 0 saturated carbocycles. The summed E-state index contributed by atoms with van der Waals surface area (Å²) in [4.78, 5) is 6.84. The predicted octanol–water partition coefficient (Wildman–Crippen LogP) is 1.12. The van der Waals surface area contributed by atoms with E-state index >= 15 is 0 Å². The number of hydrogen-bond donors (Lipinski definition) is 1. The van der Waals surface area contributed by atoms with E-state index < -0.39 is 0 Å². The molecule has 1 aliphatic heterocycles. The lowest BCUT2D eigenvalue weighted by molar-refractivity contribution is 0.154. The van der Waals surface area contributed by atoms with Gasteiger partial charge < -0.3 is 5.32 Å². The van der Waals surface area contributed by atoms with Crippen LogP contribution in [0.3, 0.4) is 0 Å². The van der Waals surface area contributed by atoms with Gasteiger partial charge in [0.05, 0.1) is 6.54 Å². The van der Waals surface area contributed by atoms with Gasteiger partial charge in [-0.3, -0.25) is 4.90 Å². The summed E-state index contributed by atoms with van der Waals surface area (Å²) in [6.07, 6.45) is 4.22. The molecule has 102 valence electrons. The Hall–Kier alpha value is -0.940. The molecular formula is C13H25N5. The molecule has 0 aliphatic carbocycles. The number of nitrogens with zero attached hydrogens (tertiary/aromatic N) is 4. The zero-order chi connectivity index (χ0) is 13.0. The van der Waals surface area contributed by atoms with Crippen molar-refractivity contribution < 1.29 is 0 Å². The average molecular weight is 251 g/mol. The first-order valence-corrected chi connectivity index (χ1v) is 7.01. The van der Waals surface area contributed by atoms with Crippen LogP contribution in [-0.4, -0.2) is 45.8 Å². The molecule has 5 nitrogen and oxygen atoms in total. The molecule has 2 heterocycles. The second-order valence-corrected chi connectivity index (χ2v) is 5.18. The van der Waals surface area contributed by atoms with Crippen LogP contribution in [0.15, 0.2) is 6.33 Å². The van der Waals surface area contributed by atoms with Crippen molar-refractivity contribution in [3.8, 4) is 0 Å². The van der Waals surface area contributed by atoms with Crippen LogP contribution >= 0.6 is 0 Å². The highest BCUT2D eigenvalue weighted by atomic mass is 15.3. The Labute approximate surface area is 110 Å². The maximum Gasteiger partial charge on any atom is 0.140 e. The minimum Gasteiger partial charge on any atom is -0.317 e. The molecule has 0 amide bonds. The Balaban J connectivity index is 1.83. The first kappa shape index (κ1) is 13.5. The number of hydrogen-bond acceptors (Lipinski definition) is 4. The molecule has 1 aliphatic rings. The van der Waals surface area contributed by atoms with Gasteiger partial charge in [0.2, 0.25) is 0 Å². The fourth-order valence-corrected chi connectivity index (χ4v) is 2.72. The zero-order valence-corrected chi connectivity index (χ0v) is 11.8. The topological polar surface area (TPSA) is 46.0 Å². The van der Waals surface area contributed by atoms with Gasteiger partial charge in [0.25, 0.3) is 0 Å². The molecule has 1 fully saturated rings. The summed E-state index contributed by atoms with van der Waals surface area (Å²) < 4.78 is 1.99. The molecule has 18 heavy (non-hydrogen) atoms. The smallest absolute Gasteiger partial charge is 0.140 e. The number of likely N-dealkylation sites (tertiary alicyclic amines) is 1. The van der Waals surface area contributed by atoms with Gasteiger partial charge in [-0.05, 0) is 52.7 Å². The van der Waals surface area contributed by atoms with Crippen LogP contribution in [0.4, 0.5) is 0 Å². The molecule has 1 N–H and O–H groups in total. The van der Waals surface area contributed by atoms with Gasteiger partial charge in [0.1, 0.15) is 12.2 Å². The third-order valence-corrected chi connectivity index (χ3v) is 4.15. The van der Waals surface area contributed by atoms with E-state index in [0.717, 1.165) is 24.8 Å². The average Bonchev–Trinajstić information content (AvgIpc) is 2.86. The van der Waals surface area contributed by atoms with Crippen molar-refractivity contribution in [2.75, 3.05) is 20.1 Å². The number of aryl methyl sites for hydroxylation is 1. The number of aromatic nitrogens is 3. The summed E-state index contributed by atoms with van der Waals surface area (Å²) >= 11 is 0. The Morgan fingerprint density at radius 3 is 2.78 bits per heavy atom. The first-order valence-electron chi connectivity index (χ1n) is 7.01. The van der Waals surface area contributed by atoms with E-state index in [2.05, 4.69) is 41.2 Å². The molecule has 5 heteroatoms. The summed E-state index contributed by atoms with van der Waals surface area (Å²) in [6, 6.07) is 0.631. The summed E-state index contributed by atoms with van der Waals surface area (Å²) in [6.45, 7) is 8.59. The summed E-state index contributed by atoms with van der Waals surface area (Å²) in [7, 11) is 2.06. The number of nitrogens with one attached hydrogen (secondary N) is 1. The highest BCUT2D eigenvalue weighted by molar-refractivity contribution is 4.87. The second-order valence-electron chi connectivity index (χ2n) is 5.18. The summed E-state index contributed by atoms with van der Waals surface area (Å²) in [5.74, 6) is 1.91. The fraction of sp³-hybridized carbons (Fsp3) is 0.846. The molecule has 0 bridgehead atoms. The van der Waals surface area contributed by atoms with Gasteiger partial charge >= 0.3 is 0 Å². The lowest BCUT2D eigenvalue weighted by Crippen LogP contribution is -2.40. The molecule has 1 aromatic rings. The van der Waals surface area contributed by atoms with E-state index in [1.807, 2.05) is 4.68 Å². The Kier molecular flexibility index (Phi) is 4.72. The van der Waals surface area contributed by atoms with E-state index in [1.54, 1.807) is 6.33 Å². The summed E-state index contributed by atoms with van der Waals surface area (Å²) in [5.41, 5.74) is 0. The second kappa shape index (κ2) is 6.29. The molecular weight excluding hydrogens is 226 g/mol. The van der Waals surface area contributed by atoms with Crippen LogP contribution in [-0.2, 0) is 13.1 Å². The van der Waals surface area contributed by atoms with Gasteiger partial charge in [-0.15, -0.1) is 0 Å². The van der Waals surface area contributed by atoms with Crippen LogP contribution in [0.2, 0.25) is 0 Å². The van der Waals surface area contributed by atoms with Gasteiger partial charge in [-0.1, -0.05) is 0 Å². The highest BCUT2D eigenvalue weighted by Gasteiger charge is 2.23. The maximum atomic E-state index is 4.35. The van der Waals surface area contributed by atoms with E-state index in [9.17, 15) is 0 Å². The lowest BCUT2D eigenvalue weighted by Gasteiger charge is -2.34. The van der Waals surface area contributed by atoms with Crippen molar-refractivity contribution in [2.45, 2.75) is 45.8 Å². The van der Waals surface area contributed by atoms with Crippen molar-refractivity contribution in [1.29, 1.82) is 0 Å². The Bertz CT molecular complexity index is 354. The monoisotopic (exact) mass is 251 g/mol. The van der Waals surface area contributed by atoms with E-state index in [1.165, 1.54) is 25.9 Å². The van der Waals surface area contributed by atoms with Crippen molar-refractivity contribution in [3.05, 3.63) is 12.2 Å². The minimum atomic E-state index is 0.631. The fourth-order valence-electron chi connectivity index (χ4n) is 2.72. The van der Waals surface area contributed by atoms with Gasteiger partial charge in [-0.25, -0.2) is 9.67 Å². The van der Waals surface area contributed by atoms with Crippen molar-refractivity contribution in [3.63, 3.8) is 0 Å². The number of rotatable bonds is 5. The quantitative estimate of drug-likeness (QED) is 0.852. The normalized spacial score (nSPS) is 20.2. The molecule has 0 spiro atoms. The van der Waals surface area contributed by atoms with Crippen molar-refractivity contribution in [2.24, 2.45) is 5.92 Å². The van der Waals surface area contributed by atoms with E-state index in [-0.39, 0.29) is 0 Å². The third kappa shape index (κ3) is 3.09. The first-order chi connectivity index (χ1) is 8.74. The highest BCUT2D eigenvalue weighted by Crippen LogP contribution is 2.21. The zero-order valence-electron chi connectivity index (χ0n) is 11.8.